The number of aromatic nitrogens is 3. The van der Waals surface area contributed by atoms with E-state index >= 15 is 0 Å². The number of para-hydroxylation sites is 1. The van der Waals surface area contributed by atoms with Crippen LogP contribution in [0.3, 0.4) is 0 Å². The molecule has 0 spiro atoms. The average Bonchev–Trinajstić information content (AvgIpc) is 3.20. The second kappa shape index (κ2) is 9.80. The van der Waals surface area contributed by atoms with Crippen LogP contribution in [0.15, 0.2) is 59.8 Å². The second-order valence-electron chi connectivity index (χ2n) is 6.83. The van der Waals surface area contributed by atoms with Gasteiger partial charge in [0.15, 0.2) is 11.0 Å². The van der Waals surface area contributed by atoms with Gasteiger partial charge in [0.1, 0.15) is 18.1 Å². The first-order valence-corrected chi connectivity index (χ1v) is 10.8. The molecule has 2 aromatic carbocycles. The maximum Gasteiger partial charge on any atom is 0.196 e. The summed E-state index contributed by atoms with van der Waals surface area (Å²) >= 11 is 1.69. The standard InChI is InChI=1S/C22H25N3O3S/c1-26-18-10-12-19(13-11-18)28-15-21-23-24-22(25(21)17-7-3-2-4-8-17)29-16-20-9-5-6-14-27-20/h2-4,7-8,10-13,20H,5-6,9,14-16H2,1H3. The van der Waals surface area contributed by atoms with Gasteiger partial charge in [0.25, 0.3) is 0 Å². The SMILES string of the molecule is COc1ccc(OCc2nnc(SCC3CCCCO3)n2-c2ccccc2)cc1. The molecule has 2 heterocycles. The summed E-state index contributed by atoms with van der Waals surface area (Å²) in [7, 11) is 1.65. The molecule has 1 aliphatic rings. The number of ether oxygens (including phenoxy) is 3. The minimum Gasteiger partial charge on any atom is -0.497 e. The van der Waals surface area contributed by atoms with Gasteiger partial charge in [-0.2, -0.15) is 0 Å². The summed E-state index contributed by atoms with van der Waals surface area (Å²) in [5, 5.41) is 9.70. The molecule has 152 valence electrons. The summed E-state index contributed by atoms with van der Waals surface area (Å²) in [5.41, 5.74) is 1.03. The first kappa shape index (κ1) is 19.8. The molecule has 7 heteroatoms. The monoisotopic (exact) mass is 411 g/mol. The molecule has 3 aromatic rings. The predicted octanol–water partition coefficient (Wildman–Crippen LogP) is 4.52. The summed E-state index contributed by atoms with van der Waals surface area (Å²) in [5.74, 6) is 3.20. The van der Waals surface area contributed by atoms with Crippen LogP contribution in [-0.4, -0.2) is 40.3 Å². The molecule has 1 atom stereocenters. The molecule has 6 nitrogen and oxygen atoms in total. The summed E-state index contributed by atoms with van der Waals surface area (Å²) in [6, 6.07) is 17.7. The number of benzene rings is 2. The molecule has 0 radical (unpaired) electrons. The fourth-order valence-electron chi connectivity index (χ4n) is 3.25. The molecule has 1 fully saturated rings. The Kier molecular flexibility index (Phi) is 6.69. The molecule has 1 saturated heterocycles. The minimum absolute atomic E-state index is 0.286. The van der Waals surface area contributed by atoms with Crippen molar-refractivity contribution in [2.24, 2.45) is 0 Å². The van der Waals surface area contributed by atoms with E-state index in [2.05, 4.69) is 26.9 Å². The third-order valence-electron chi connectivity index (χ3n) is 4.81. The first-order chi connectivity index (χ1) is 14.3. The highest BCUT2D eigenvalue weighted by Crippen LogP contribution is 2.26. The van der Waals surface area contributed by atoms with Crippen molar-refractivity contribution in [2.45, 2.75) is 37.1 Å². The van der Waals surface area contributed by atoms with E-state index in [0.717, 1.165) is 53.4 Å². The van der Waals surface area contributed by atoms with Gasteiger partial charge in [-0.1, -0.05) is 30.0 Å². The van der Waals surface area contributed by atoms with Crippen molar-refractivity contribution in [1.29, 1.82) is 0 Å². The normalized spacial score (nSPS) is 16.5. The van der Waals surface area contributed by atoms with E-state index in [9.17, 15) is 0 Å². The number of hydrogen-bond donors (Lipinski definition) is 0. The van der Waals surface area contributed by atoms with Gasteiger partial charge >= 0.3 is 0 Å². The largest absolute Gasteiger partial charge is 0.497 e. The van der Waals surface area contributed by atoms with E-state index in [-0.39, 0.29) is 6.10 Å². The molecule has 0 bridgehead atoms. The van der Waals surface area contributed by atoms with Crippen LogP contribution < -0.4 is 9.47 Å². The Bertz CT molecular complexity index is 893. The van der Waals surface area contributed by atoms with Crippen molar-refractivity contribution >= 4 is 11.8 Å². The van der Waals surface area contributed by atoms with Crippen LogP contribution in [-0.2, 0) is 11.3 Å². The summed E-state index contributed by atoms with van der Waals surface area (Å²) in [6.07, 6.45) is 3.79. The fraction of sp³-hybridized carbons (Fsp3) is 0.364. The molecule has 29 heavy (non-hydrogen) atoms. The lowest BCUT2D eigenvalue weighted by atomic mass is 10.1. The van der Waals surface area contributed by atoms with Crippen molar-refractivity contribution < 1.29 is 14.2 Å². The smallest absolute Gasteiger partial charge is 0.196 e. The van der Waals surface area contributed by atoms with Crippen LogP contribution in [0.5, 0.6) is 11.5 Å². The van der Waals surface area contributed by atoms with Crippen LogP contribution in [0.25, 0.3) is 5.69 Å². The van der Waals surface area contributed by atoms with Crippen molar-refractivity contribution in [2.75, 3.05) is 19.5 Å². The molecule has 1 aliphatic heterocycles. The molecular weight excluding hydrogens is 386 g/mol. The highest BCUT2D eigenvalue weighted by atomic mass is 32.2. The molecular formula is C22H25N3O3S. The van der Waals surface area contributed by atoms with Gasteiger partial charge < -0.3 is 14.2 Å². The lowest BCUT2D eigenvalue weighted by Crippen LogP contribution is -2.21. The number of thioether (sulfide) groups is 1. The molecule has 0 N–H and O–H groups in total. The number of methoxy groups -OCH3 is 1. The van der Waals surface area contributed by atoms with E-state index in [1.807, 2.05) is 42.5 Å². The highest BCUT2D eigenvalue weighted by molar-refractivity contribution is 7.99. The van der Waals surface area contributed by atoms with Gasteiger partial charge in [0.2, 0.25) is 0 Å². The first-order valence-electron chi connectivity index (χ1n) is 9.84. The van der Waals surface area contributed by atoms with Gasteiger partial charge in [-0.15, -0.1) is 10.2 Å². The third-order valence-corrected chi connectivity index (χ3v) is 5.88. The minimum atomic E-state index is 0.286. The van der Waals surface area contributed by atoms with Crippen LogP contribution >= 0.6 is 11.8 Å². The van der Waals surface area contributed by atoms with Gasteiger partial charge in [0, 0.05) is 18.0 Å². The van der Waals surface area contributed by atoms with Crippen molar-refractivity contribution in [3.8, 4) is 17.2 Å². The third kappa shape index (κ3) is 5.10. The van der Waals surface area contributed by atoms with Crippen molar-refractivity contribution in [3.05, 3.63) is 60.4 Å². The van der Waals surface area contributed by atoms with Crippen molar-refractivity contribution in [1.82, 2.24) is 14.8 Å². The Morgan fingerprint density at radius 2 is 1.83 bits per heavy atom. The summed E-state index contributed by atoms with van der Waals surface area (Å²) < 4.78 is 19.1. The summed E-state index contributed by atoms with van der Waals surface area (Å²) in [4.78, 5) is 0. The zero-order valence-electron chi connectivity index (χ0n) is 16.5. The Balaban J connectivity index is 1.50. The zero-order chi connectivity index (χ0) is 19.9. The molecule has 1 aromatic heterocycles. The van der Waals surface area contributed by atoms with Gasteiger partial charge in [0.05, 0.1) is 13.2 Å². The number of nitrogens with zero attached hydrogens (tertiary/aromatic N) is 3. The topological polar surface area (TPSA) is 58.4 Å². The highest BCUT2D eigenvalue weighted by Gasteiger charge is 2.19. The van der Waals surface area contributed by atoms with Crippen molar-refractivity contribution in [3.63, 3.8) is 0 Å². The Morgan fingerprint density at radius 3 is 2.55 bits per heavy atom. The van der Waals surface area contributed by atoms with Crippen LogP contribution in [0.1, 0.15) is 25.1 Å². The Labute approximate surface area is 175 Å². The van der Waals surface area contributed by atoms with Crippen LogP contribution in [0.4, 0.5) is 0 Å². The Morgan fingerprint density at radius 1 is 1.03 bits per heavy atom. The van der Waals surface area contributed by atoms with Crippen LogP contribution in [0.2, 0.25) is 0 Å². The van der Waals surface area contributed by atoms with E-state index in [4.69, 9.17) is 14.2 Å². The van der Waals surface area contributed by atoms with Gasteiger partial charge in [-0.05, 0) is 55.7 Å². The predicted molar refractivity (Wildman–Crippen MR) is 113 cm³/mol. The number of rotatable bonds is 8. The summed E-state index contributed by atoms with van der Waals surface area (Å²) in [6.45, 7) is 1.19. The van der Waals surface area contributed by atoms with Crippen LogP contribution in [0, 0.1) is 0 Å². The average molecular weight is 412 g/mol. The fourth-order valence-corrected chi connectivity index (χ4v) is 4.29. The Hall–Kier alpha value is -2.51. The quantitative estimate of drug-likeness (QED) is 0.508. The second-order valence-corrected chi connectivity index (χ2v) is 7.82. The molecule has 0 amide bonds. The van der Waals surface area contributed by atoms with E-state index < -0.39 is 0 Å². The molecule has 0 aliphatic carbocycles. The maximum absolute atomic E-state index is 5.95. The lowest BCUT2D eigenvalue weighted by Gasteiger charge is -2.22. The maximum atomic E-state index is 5.95. The zero-order valence-corrected chi connectivity index (χ0v) is 17.3. The molecule has 0 saturated carbocycles. The van der Waals surface area contributed by atoms with E-state index in [0.29, 0.717) is 6.61 Å². The lowest BCUT2D eigenvalue weighted by molar-refractivity contribution is 0.0315. The van der Waals surface area contributed by atoms with E-state index in [1.165, 1.54) is 6.42 Å². The van der Waals surface area contributed by atoms with E-state index in [1.54, 1.807) is 18.9 Å². The number of hydrogen-bond acceptors (Lipinski definition) is 6. The van der Waals surface area contributed by atoms with Gasteiger partial charge in [-0.25, -0.2) is 0 Å². The van der Waals surface area contributed by atoms with Gasteiger partial charge in [-0.3, -0.25) is 4.57 Å². The molecule has 4 rings (SSSR count). The molecule has 1 unspecified atom stereocenters.